The van der Waals surface area contributed by atoms with Crippen LogP contribution in [0.2, 0.25) is 0 Å². The molecule has 3 N–H and O–H groups in total. The quantitative estimate of drug-likeness (QED) is 0.809. The van der Waals surface area contributed by atoms with Crippen molar-refractivity contribution in [3.8, 4) is 0 Å². The Bertz CT molecular complexity index is 559. The van der Waals surface area contributed by atoms with Crippen molar-refractivity contribution in [2.24, 2.45) is 5.73 Å². The Morgan fingerprint density at radius 2 is 2.07 bits per heavy atom. The third-order valence-corrected chi connectivity index (χ3v) is 3.15. The summed E-state index contributed by atoms with van der Waals surface area (Å²) in [7, 11) is 0. The Labute approximate surface area is 88.9 Å². The molecule has 0 aliphatic carbocycles. The van der Waals surface area contributed by atoms with E-state index in [0.29, 0.717) is 10.3 Å². The van der Waals surface area contributed by atoms with E-state index in [9.17, 15) is 9.59 Å². The number of carbonyl (C=O) groups excluding carboxylic acids is 1. The number of hydrogen-bond acceptors (Lipinski definition) is 3. The fourth-order valence-corrected chi connectivity index (χ4v) is 2.31. The maximum Gasteiger partial charge on any atom is 0.336 e. The number of fused-ring (bicyclic) bond motifs is 1. The number of nitrogens with two attached hydrogens (primary N) is 1. The van der Waals surface area contributed by atoms with Gasteiger partial charge in [-0.1, -0.05) is 6.07 Å². The van der Waals surface area contributed by atoms with E-state index in [0.717, 1.165) is 4.70 Å². The van der Waals surface area contributed by atoms with Crippen LogP contribution in [0, 0.1) is 0 Å². The van der Waals surface area contributed by atoms with Gasteiger partial charge in [0.1, 0.15) is 0 Å². The van der Waals surface area contributed by atoms with Gasteiger partial charge in [-0.15, -0.1) is 11.3 Å². The molecule has 2 aromatic rings. The molecule has 0 bridgehead atoms. The van der Waals surface area contributed by atoms with Crippen LogP contribution in [0.4, 0.5) is 0 Å². The number of carbonyl (C=O) groups is 2. The first-order valence-corrected chi connectivity index (χ1v) is 4.97. The molecular formula is C10H7NO3S. The van der Waals surface area contributed by atoms with Crippen molar-refractivity contribution in [1.82, 2.24) is 0 Å². The highest BCUT2D eigenvalue weighted by molar-refractivity contribution is 7.20. The van der Waals surface area contributed by atoms with E-state index < -0.39 is 11.9 Å². The molecule has 0 radical (unpaired) electrons. The van der Waals surface area contributed by atoms with Gasteiger partial charge in [-0.2, -0.15) is 0 Å². The van der Waals surface area contributed by atoms with Crippen LogP contribution in [0.1, 0.15) is 20.0 Å². The third-order valence-electron chi connectivity index (χ3n) is 2.03. The van der Waals surface area contributed by atoms with E-state index in [2.05, 4.69) is 0 Å². The number of thiophene rings is 1. The molecule has 4 nitrogen and oxygen atoms in total. The second-order valence-electron chi connectivity index (χ2n) is 3.00. The van der Waals surface area contributed by atoms with Crippen molar-refractivity contribution >= 4 is 33.3 Å². The van der Waals surface area contributed by atoms with E-state index in [1.165, 1.54) is 23.5 Å². The first-order chi connectivity index (χ1) is 7.09. The van der Waals surface area contributed by atoms with Crippen molar-refractivity contribution in [3.63, 3.8) is 0 Å². The number of carboxylic acids is 1. The molecule has 0 aliphatic heterocycles. The standard InChI is InChI=1S/C10H7NO3S/c11-9(12)8-4-6-5(10(13)14)2-1-3-7(6)15-8/h1-4H,(H2,11,12)(H,13,14). The molecule has 0 atom stereocenters. The average molecular weight is 221 g/mol. The summed E-state index contributed by atoms with van der Waals surface area (Å²) in [6.07, 6.45) is 0. The molecule has 0 spiro atoms. The second kappa shape index (κ2) is 3.36. The van der Waals surface area contributed by atoms with Crippen LogP contribution in [0.15, 0.2) is 24.3 Å². The fourth-order valence-electron chi connectivity index (χ4n) is 1.37. The summed E-state index contributed by atoms with van der Waals surface area (Å²) >= 11 is 1.20. The lowest BCUT2D eigenvalue weighted by Crippen LogP contribution is -2.08. The summed E-state index contributed by atoms with van der Waals surface area (Å²) in [5.74, 6) is -1.54. The molecule has 2 rings (SSSR count). The number of amides is 1. The lowest BCUT2D eigenvalue weighted by atomic mass is 10.1. The van der Waals surface area contributed by atoms with Gasteiger partial charge in [0.2, 0.25) is 0 Å². The van der Waals surface area contributed by atoms with Crippen LogP contribution in [-0.4, -0.2) is 17.0 Å². The zero-order chi connectivity index (χ0) is 11.0. The van der Waals surface area contributed by atoms with E-state index in [1.54, 1.807) is 12.1 Å². The predicted molar refractivity (Wildman–Crippen MR) is 57.3 cm³/mol. The smallest absolute Gasteiger partial charge is 0.336 e. The van der Waals surface area contributed by atoms with Crippen LogP contribution in [0.25, 0.3) is 10.1 Å². The zero-order valence-electron chi connectivity index (χ0n) is 7.56. The number of aromatic carboxylic acids is 1. The third kappa shape index (κ3) is 1.57. The summed E-state index contributed by atoms with van der Waals surface area (Å²) in [4.78, 5) is 22.2. The Kier molecular flexibility index (Phi) is 2.17. The largest absolute Gasteiger partial charge is 0.478 e. The van der Waals surface area contributed by atoms with Crippen molar-refractivity contribution in [2.75, 3.05) is 0 Å². The van der Waals surface area contributed by atoms with Gasteiger partial charge in [0.05, 0.1) is 10.4 Å². The topological polar surface area (TPSA) is 80.4 Å². The van der Waals surface area contributed by atoms with Gasteiger partial charge in [0.25, 0.3) is 5.91 Å². The summed E-state index contributed by atoms with van der Waals surface area (Å²) in [5.41, 5.74) is 5.32. The Balaban J connectivity index is 2.75. The minimum Gasteiger partial charge on any atom is -0.478 e. The molecule has 1 aromatic carbocycles. The molecule has 5 heteroatoms. The predicted octanol–water partition coefficient (Wildman–Crippen LogP) is 1.70. The van der Waals surface area contributed by atoms with Gasteiger partial charge >= 0.3 is 5.97 Å². The number of carboxylic acid groups (broad SMARTS) is 1. The molecule has 0 saturated carbocycles. The summed E-state index contributed by atoms with van der Waals surface area (Å²) < 4.78 is 0.753. The van der Waals surface area contributed by atoms with Crippen LogP contribution < -0.4 is 5.73 Å². The Morgan fingerprint density at radius 3 is 2.67 bits per heavy atom. The molecule has 0 saturated heterocycles. The number of rotatable bonds is 2. The average Bonchev–Trinajstić information content (AvgIpc) is 2.60. The maximum absolute atomic E-state index is 10.9. The molecule has 1 amide bonds. The first kappa shape index (κ1) is 9.67. The molecule has 0 aliphatic rings. The monoisotopic (exact) mass is 221 g/mol. The molecule has 1 heterocycles. The zero-order valence-corrected chi connectivity index (χ0v) is 8.38. The van der Waals surface area contributed by atoms with E-state index in [-0.39, 0.29) is 5.56 Å². The number of benzene rings is 1. The minimum atomic E-state index is -1.01. The van der Waals surface area contributed by atoms with E-state index >= 15 is 0 Å². The van der Waals surface area contributed by atoms with Gasteiger partial charge in [0.15, 0.2) is 0 Å². The SMILES string of the molecule is NC(=O)c1cc2c(C(=O)O)cccc2s1. The highest BCUT2D eigenvalue weighted by atomic mass is 32.1. The van der Waals surface area contributed by atoms with Gasteiger partial charge < -0.3 is 10.8 Å². The van der Waals surface area contributed by atoms with Gasteiger partial charge in [-0.05, 0) is 18.2 Å². The molecule has 1 aromatic heterocycles. The Morgan fingerprint density at radius 1 is 1.33 bits per heavy atom. The van der Waals surface area contributed by atoms with Gasteiger partial charge in [-0.25, -0.2) is 4.79 Å². The molecule has 15 heavy (non-hydrogen) atoms. The molecule has 0 unspecified atom stereocenters. The van der Waals surface area contributed by atoms with Crippen LogP contribution in [-0.2, 0) is 0 Å². The summed E-state index contributed by atoms with van der Waals surface area (Å²) in [6.45, 7) is 0. The van der Waals surface area contributed by atoms with Crippen LogP contribution in [0.3, 0.4) is 0 Å². The maximum atomic E-state index is 10.9. The molecular weight excluding hydrogens is 214 g/mol. The fraction of sp³-hybridized carbons (Fsp3) is 0. The van der Waals surface area contributed by atoms with E-state index in [4.69, 9.17) is 10.8 Å². The Hall–Kier alpha value is -1.88. The highest BCUT2D eigenvalue weighted by Crippen LogP contribution is 2.28. The van der Waals surface area contributed by atoms with Crippen LogP contribution >= 0.6 is 11.3 Å². The number of hydrogen-bond donors (Lipinski definition) is 2. The second-order valence-corrected chi connectivity index (χ2v) is 4.08. The van der Waals surface area contributed by atoms with Gasteiger partial charge in [-0.3, -0.25) is 4.79 Å². The van der Waals surface area contributed by atoms with Crippen molar-refractivity contribution in [3.05, 3.63) is 34.7 Å². The van der Waals surface area contributed by atoms with Gasteiger partial charge in [0, 0.05) is 10.1 Å². The highest BCUT2D eigenvalue weighted by Gasteiger charge is 2.12. The van der Waals surface area contributed by atoms with Crippen molar-refractivity contribution < 1.29 is 14.7 Å². The van der Waals surface area contributed by atoms with Crippen molar-refractivity contribution in [1.29, 1.82) is 0 Å². The summed E-state index contributed by atoms with van der Waals surface area (Å²) in [5, 5.41) is 9.48. The lowest BCUT2D eigenvalue weighted by molar-refractivity contribution is 0.0698. The molecule has 0 fully saturated rings. The minimum absolute atomic E-state index is 0.191. The normalized spacial score (nSPS) is 10.4. The van der Waals surface area contributed by atoms with E-state index in [1.807, 2.05) is 0 Å². The first-order valence-electron chi connectivity index (χ1n) is 4.15. The van der Waals surface area contributed by atoms with Crippen molar-refractivity contribution in [2.45, 2.75) is 0 Å². The molecule has 76 valence electrons. The van der Waals surface area contributed by atoms with Crippen LogP contribution in [0.5, 0.6) is 0 Å². The summed E-state index contributed by atoms with van der Waals surface area (Å²) in [6, 6.07) is 6.43. The lowest BCUT2D eigenvalue weighted by Gasteiger charge is -1.94. The number of primary amides is 1.